The van der Waals surface area contributed by atoms with E-state index in [2.05, 4.69) is 35.8 Å². The van der Waals surface area contributed by atoms with E-state index in [9.17, 15) is 4.79 Å². The molecular weight excluding hydrogens is 288 g/mol. The standard InChI is InChI=1S/C19H22N2O2/c1-2-14-4-7-18(8-5-14)23-13-19(22)21-10-15-3-6-16-11-20-12-17(16)9-15/h3-9,20H,2,10-13H2,1H3,(H,21,22). The first kappa shape index (κ1) is 15.6. The summed E-state index contributed by atoms with van der Waals surface area (Å²) in [4.78, 5) is 11.9. The third-order valence-corrected chi connectivity index (χ3v) is 4.09. The Bertz CT molecular complexity index is 680. The topological polar surface area (TPSA) is 50.4 Å². The third-order valence-electron chi connectivity index (χ3n) is 4.09. The van der Waals surface area contributed by atoms with E-state index in [0.717, 1.165) is 30.8 Å². The summed E-state index contributed by atoms with van der Waals surface area (Å²) in [6, 6.07) is 14.2. The molecule has 0 saturated heterocycles. The largest absolute Gasteiger partial charge is 0.484 e. The van der Waals surface area contributed by atoms with Gasteiger partial charge < -0.3 is 15.4 Å². The second-order valence-corrected chi connectivity index (χ2v) is 5.77. The summed E-state index contributed by atoms with van der Waals surface area (Å²) in [6.45, 7) is 4.53. The molecule has 3 rings (SSSR count). The number of carbonyl (C=O) groups is 1. The Hall–Kier alpha value is -2.33. The van der Waals surface area contributed by atoms with Gasteiger partial charge in [-0.05, 0) is 40.8 Å². The van der Waals surface area contributed by atoms with E-state index in [4.69, 9.17) is 4.74 Å². The summed E-state index contributed by atoms with van der Waals surface area (Å²) in [5, 5.41) is 6.22. The molecule has 0 bridgehead atoms. The molecule has 1 aliphatic heterocycles. The number of aryl methyl sites for hydroxylation is 1. The zero-order valence-corrected chi connectivity index (χ0v) is 13.4. The monoisotopic (exact) mass is 310 g/mol. The molecule has 23 heavy (non-hydrogen) atoms. The normalized spacial score (nSPS) is 12.7. The van der Waals surface area contributed by atoms with Crippen LogP contribution in [0.25, 0.3) is 0 Å². The van der Waals surface area contributed by atoms with E-state index in [0.29, 0.717) is 6.54 Å². The second-order valence-electron chi connectivity index (χ2n) is 5.77. The highest BCUT2D eigenvalue weighted by Gasteiger charge is 2.10. The van der Waals surface area contributed by atoms with Crippen molar-refractivity contribution in [3.63, 3.8) is 0 Å². The molecule has 0 spiro atoms. The van der Waals surface area contributed by atoms with Crippen molar-refractivity contribution in [3.05, 3.63) is 64.7 Å². The van der Waals surface area contributed by atoms with Crippen molar-refractivity contribution < 1.29 is 9.53 Å². The fraction of sp³-hybridized carbons (Fsp3) is 0.316. The van der Waals surface area contributed by atoms with Crippen LogP contribution in [-0.4, -0.2) is 12.5 Å². The number of carbonyl (C=O) groups excluding carboxylic acids is 1. The van der Waals surface area contributed by atoms with Crippen LogP contribution in [-0.2, 0) is 30.8 Å². The molecule has 2 aromatic carbocycles. The molecule has 0 saturated carbocycles. The highest BCUT2D eigenvalue weighted by Crippen LogP contribution is 2.17. The summed E-state index contributed by atoms with van der Waals surface area (Å²) in [7, 11) is 0. The molecule has 4 heteroatoms. The maximum atomic E-state index is 11.9. The van der Waals surface area contributed by atoms with Crippen LogP contribution >= 0.6 is 0 Å². The first-order valence-electron chi connectivity index (χ1n) is 8.04. The molecule has 0 aromatic heterocycles. The lowest BCUT2D eigenvalue weighted by Gasteiger charge is -2.09. The summed E-state index contributed by atoms with van der Waals surface area (Å²) >= 11 is 0. The highest BCUT2D eigenvalue weighted by atomic mass is 16.5. The average Bonchev–Trinajstić information content (AvgIpc) is 3.06. The van der Waals surface area contributed by atoms with Gasteiger partial charge in [0.1, 0.15) is 5.75 Å². The Morgan fingerprint density at radius 2 is 1.83 bits per heavy atom. The lowest BCUT2D eigenvalue weighted by atomic mass is 10.1. The number of benzene rings is 2. The van der Waals surface area contributed by atoms with Crippen LogP contribution in [0.1, 0.15) is 29.2 Å². The van der Waals surface area contributed by atoms with Crippen molar-refractivity contribution in [1.82, 2.24) is 10.6 Å². The van der Waals surface area contributed by atoms with E-state index in [-0.39, 0.29) is 12.5 Å². The molecule has 0 aliphatic carbocycles. The van der Waals surface area contributed by atoms with Gasteiger partial charge in [0.25, 0.3) is 5.91 Å². The molecule has 4 nitrogen and oxygen atoms in total. The van der Waals surface area contributed by atoms with Gasteiger partial charge in [-0.1, -0.05) is 37.3 Å². The van der Waals surface area contributed by atoms with Gasteiger partial charge in [-0.15, -0.1) is 0 Å². The summed E-state index contributed by atoms with van der Waals surface area (Å²) in [6.07, 6.45) is 0.997. The fourth-order valence-corrected chi connectivity index (χ4v) is 2.68. The van der Waals surface area contributed by atoms with Crippen LogP contribution in [0.2, 0.25) is 0 Å². The minimum atomic E-state index is -0.108. The lowest BCUT2D eigenvalue weighted by molar-refractivity contribution is -0.123. The number of fused-ring (bicyclic) bond motifs is 1. The minimum absolute atomic E-state index is 0.0397. The van der Waals surface area contributed by atoms with Gasteiger partial charge in [0, 0.05) is 19.6 Å². The maximum Gasteiger partial charge on any atom is 0.258 e. The molecule has 2 N–H and O–H groups in total. The van der Waals surface area contributed by atoms with E-state index in [1.54, 1.807) is 0 Å². The zero-order valence-electron chi connectivity index (χ0n) is 13.4. The first-order valence-corrected chi connectivity index (χ1v) is 8.04. The van der Waals surface area contributed by atoms with Crippen LogP contribution in [0, 0.1) is 0 Å². The van der Waals surface area contributed by atoms with Crippen LogP contribution in [0.3, 0.4) is 0 Å². The molecule has 1 aliphatic rings. The Morgan fingerprint density at radius 1 is 1.09 bits per heavy atom. The SMILES string of the molecule is CCc1ccc(OCC(=O)NCc2ccc3c(c2)CNC3)cc1. The van der Waals surface area contributed by atoms with Gasteiger partial charge in [0.15, 0.2) is 6.61 Å². The quantitative estimate of drug-likeness (QED) is 0.862. The third kappa shape index (κ3) is 4.11. The zero-order chi connectivity index (χ0) is 16.1. The molecule has 0 radical (unpaired) electrons. The molecule has 0 atom stereocenters. The number of hydrogen-bond donors (Lipinski definition) is 2. The number of hydrogen-bond acceptors (Lipinski definition) is 3. The number of nitrogens with one attached hydrogen (secondary N) is 2. The van der Waals surface area contributed by atoms with Crippen molar-refractivity contribution in [2.75, 3.05) is 6.61 Å². The fourth-order valence-electron chi connectivity index (χ4n) is 2.68. The lowest BCUT2D eigenvalue weighted by Crippen LogP contribution is -2.28. The van der Waals surface area contributed by atoms with Crippen molar-refractivity contribution in [2.45, 2.75) is 33.0 Å². The summed E-state index contributed by atoms with van der Waals surface area (Å²) in [5.41, 5.74) is 5.05. The van der Waals surface area contributed by atoms with Crippen molar-refractivity contribution in [1.29, 1.82) is 0 Å². The number of amides is 1. The molecular formula is C19H22N2O2. The van der Waals surface area contributed by atoms with Gasteiger partial charge in [-0.2, -0.15) is 0 Å². The molecule has 2 aromatic rings. The van der Waals surface area contributed by atoms with Gasteiger partial charge in [-0.3, -0.25) is 4.79 Å². The van der Waals surface area contributed by atoms with E-state index in [1.165, 1.54) is 16.7 Å². The molecule has 120 valence electrons. The highest BCUT2D eigenvalue weighted by molar-refractivity contribution is 5.77. The summed E-state index contributed by atoms with van der Waals surface area (Å²) in [5.74, 6) is 0.615. The molecule has 1 amide bonds. The molecule has 1 heterocycles. The van der Waals surface area contributed by atoms with Crippen molar-refractivity contribution in [2.24, 2.45) is 0 Å². The van der Waals surface area contributed by atoms with Gasteiger partial charge >= 0.3 is 0 Å². The summed E-state index contributed by atoms with van der Waals surface area (Å²) < 4.78 is 5.51. The first-order chi connectivity index (χ1) is 11.2. The predicted molar refractivity (Wildman–Crippen MR) is 90.1 cm³/mol. The van der Waals surface area contributed by atoms with Gasteiger partial charge in [0.2, 0.25) is 0 Å². The van der Waals surface area contributed by atoms with E-state index >= 15 is 0 Å². The molecule has 0 unspecified atom stereocenters. The van der Waals surface area contributed by atoms with Crippen molar-refractivity contribution in [3.8, 4) is 5.75 Å². The Labute approximate surface area is 136 Å². The average molecular weight is 310 g/mol. The second kappa shape index (κ2) is 7.29. The Kier molecular flexibility index (Phi) is 4.93. The van der Waals surface area contributed by atoms with E-state index < -0.39 is 0 Å². The van der Waals surface area contributed by atoms with Crippen LogP contribution in [0.4, 0.5) is 0 Å². The van der Waals surface area contributed by atoms with Crippen LogP contribution in [0.15, 0.2) is 42.5 Å². The number of ether oxygens (including phenoxy) is 1. The predicted octanol–water partition coefficient (Wildman–Crippen LogP) is 2.55. The van der Waals surface area contributed by atoms with Crippen LogP contribution in [0.5, 0.6) is 5.75 Å². The minimum Gasteiger partial charge on any atom is -0.484 e. The maximum absolute atomic E-state index is 11.9. The smallest absolute Gasteiger partial charge is 0.258 e. The molecule has 0 fully saturated rings. The Balaban J connectivity index is 1.45. The number of rotatable bonds is 6. The Morgan fingerprint density at radius 3 is 2.61 bits per heavy atom. The van der Waals surface area contributed by atoms with Gasteiger partial charge in [0.05, 0.1) is 0 Å². The van der Waals surface area contributed by atoms with Crippen molar-refractivity contribution >= 4 is 5.91 Å². The van der Waals surface area contributed by atoms with E-state index in [1.807, 2.05) is 24.3 Å². The van der Waals surface area contributed by atoms with Gasteiger partial charge in [-0.25, -0.2) is 0 Å². The van der Waals surface area contributed by atoms with Crippen LogP contribution < -0.4 is 15.4 Å².